The lowest BCUT2D eigenvalue weighted by Gasteiger charge is -2.29. The van der Waals surface area contributed by atoms with Gasteiger partial charge in [0.25, 0.3) is 0 Å². The Kier molecular flexibility index (Phi) is 4.85. The largest absolute Gasteiger partial charge is 0.344 e. The maximum atomic E-state index is 11.3. The zero-order valence-corrected chi connectivity index (χ0v) is 9.27. The van der Waals surface area contributed by atoms with Crippen LogP contribution in [0.25, 0.3) is 0 Å². The van der Waals surface area contributed by atoms with Gasteiger partial charge in [-0.3, -0.25) is 9.69 Å². The van der Waals surface area contributed by atoms with E-state index in [1.165, 1.54) is 0 Å². The molecule has 4 heteroatoms. The SMILES string of the molecule is C#CCNC(=O)CN1CCSC(C)C1. The number of amides is 1. The highest BCUT2D eigenvalue weighted by Gasteiger charge is 2.18. The van der Waals surface area contributed by atoms with Gasteiger partial charge in [0.15, 0.2) is 0 Å². The van der Waals surface area contributed by atoms with Crippen LogP contribution in [0.15, 0.2) is 0 Å². The van der Waals surface area contributed by atoms with E-state index in [1.54, 1.807) is 0 Å². The molecule has 0 radical (unpaired) electrons. The number of hydrogen-bond acceptors (Lipinski definition) is 3. The standard InChI is InChI=1S/C10H16N2OS/c1-3-4-11-10(13)8-12-5-6-14-9(2)7-12/h1,9H,4-8H2,2H3,(H,11,13). The summed E-state index contributed by atoms with van der Waals surface area (Å²) < 4.78 is 0. The average Bonchev–Trinajstić information content (AvgIpc) is 2.15. The Bertz CT molecular complexity index is 237. The lowest BCUT2D eigenvalue weighted by molar-refractivity contribution is -0.121. The quantitative estimate of drug-likeness (QED) is 0.677. The van der Waals surface area contributed by atoms with E-state index >= 15 is 0 Å². The number of carbonyl (C=O) groups excluding carboxylic acids is 1. The Labute approximate surface area is 89.6 Å². The van der Waals surface area contributed by atoms with Crippen LogP contribution in [0.1, 0.15) is 6.92 Å². The van der Waals surface area contributed by atoms with Gasteiger partial charge in [-0.05, 0) is 0 Å². The summed E-state index contributed by atoms with van der Waals surface area (Å²) in [6, 6.07) is 0. The molecule has 1 atom stereocenters. The second kappa shape index (κ2) is 5.94. The van der Waals surface area contributed by atoms with Gasteiger partial charge in [0, 0.05) is 24.1 Å². The first-order valence-electron chi connectivity index (χ1n) is 4.76. The summed E-state index contributed by atoms with van der Waals surface area (Å²) in [6.07, 6.45) is 5.05. The lowest BCUT2D eigenvalue weighted by Crippen LogP contribution is -2.43. The van der Waals surface area contributed by atoms with Crippen LogP contribution in [0.2, 0.25) is 0 Å². The number of carbonyl (C=O) groups is 1. The molecule has 3 nitrogen and oxygen atoms in total. The van der Waals surface area contributed by atoms with Crippen molar-refractivity contribution in [1.29, 1.82) is 0 Å². The Hall–Kier alpha value is -0.660. The minimum absolute atomic E-state index is 0.0297. The molecule has 1 heterocycles. The summed E-state index contributed by atoms with van der Waals surface area (Å²) >= 11 is 1.96. The third-order valence-corrected chi connectivity index (χ3v) is 3.22. The Morgan fingerprint density at radius 1 is 1.79 bits per heavy atom. The second-order valence-electron chi connectivity index (χ2n) is 3.40. The fraction of sp³-hybridized carbons (Fsp3) is 0.700. The van der Waals surface area contributed by atoms with Crippen LogP contribution in [0.4, 0.5) is 0 Å². The summed E-state index contributed by atoms with van der Waals surface area (Å²) in [4.78, 5) is 13.5. The molecule has 1 N–H and O–H groups in total. The maximum absolute atomic E-state index is 11.3. The minimum atomic E-state index is 0.0297. The monoisotopic (exact) mass is 212 g/mol. The molecule has 1 aliphatic rings. The van der Waals surface area contributed by atoms with Crippen LogP contribution in [0.5, 0.6) is 0 Å². The number of nitrogens with one attached hydrogen (secondary N) is 1. The van der Waals surface area contributed by atoms with Gasteiger partial charge >= 0.3 is 0 Å². The molecule has 0 aliphatic carbocycles. The number of nitrogens with zero attached hydrogens (tertiary/aromatic N) is 1. The lowest BCUT2D eigenvalue weighted by atomic mass is 10.3. The molecule has 0 aromatic rings. The first-order chi connectivity index (χ1) is 6.72. The second-order valence-corrected chi connectivity index (χ2v) is 4.94. The van der Waals surface area contributed by atoms with Crippen molar-refractivity contribution in [3.63, 3.8) is 0 Å². The van der Waals surface area contributed by atoms with E-state index in [0.29, 0.717) is 18.3 Å². The van der Waals surface area contributed by atoms with E-state index in [2.05, 4.69) is 23.1 Å². The predicted octanol–water partition coefficient (Wildman–Crippen LogP) is 0.173. The molecule has 0 bridgehead atoms. The molecule has 0 aromatic heterocycles. The van der Waals surface area contributed by atoms with Crippen molar-refractivity contribution in [1.82, 2.24) is 10.2 Å². The van der Waals surface area contributed by atoms with E-state index in [9.17, 15) is 4.79 Å². The van der Waals surface area contributed by atoms with Gasteiger partial charge in [-0.2, -0.15) is 11.8 Å². The molecule has 1 fully saturated rings. The number of hydrogen-bond donors (Lipinski definition) is 1. The Morgan fingerprint density at radius 3 is 3.21 bits per heavy atom. The highest BCUT2D eigenvalue weighted by atomic mass is 32.2. The molecule has 1 aliphatic heterocycles. The van der Waals surface area contributed by atoms with Gasteiger partial charge in [-0.15, -0.1) is 6.42 Å². The molecule has 1 unspecified atom stereocenters. The predicted molar refractivity (Wildman–Crippen MR) is 60.2 cm³/mol. The number of rotatable bonds is 3. The Balaban J connectivity index is 2.22. The van der Waals surface area contributed by atoms with Crippen molar-refractivity contribution in [2.45, 2.75) is 12.2 Å². The Morgan fingerprint density at radius 2 is 2.57 bits per heavy atom. The van der Waals surface area contributed by atoms with E-state index < -0.39 is 0 Å². The molecule has 0 saturated carbocycles. The van der Waals surface area contributed by atoms with Gasteiger partial charge in [-0.1, -0.05) is 12.8 Å². The van der Waals surface area contributed by atoms with Gasteiger partial charge in [0.05, 0.1) is 13.1 Å². The van der Waals surface area contributed by atoms with Crippen LogP contribution >= 0.6 is 11.8 Å². The van der Waals surface area contributed by atoms with E-state index in [4.69, 9.17) is 6.42 Å². The first-order valence-corrected chi connectivity index (χ1v) is 5.81. The van der Waals surface area contributed by atoms with Crippen LogP contribution in [0.3, 0.4) is 0 Å². The third kappa shape index (κ3) is 4.03. The molecular weight excluding hydrogens is 196 g/mol. The summed E-state index contributed by atoms with van der Waals surface area (Å²) in [5.74, 6) is 3.53. The fourth-order valence-corrected chi connectivity index (χ4v) is 2.53. The normalized spacial score (nSPS) is 22.7. The maximum Gasteiger partial charge on any atom is 0.234 e. The van der Waals surface area contributed by atoms with E-state index in [0.717, 1.165) is 18.8 Å². The minimum Gasteiger partial charge on any atom is -0.344 e. The summed E-state index contributed by atoms with van der Waals surface area (Å²) in [7, 11) is 0. The summed E-state index contributed by atoms with van der Waals surface area (Å²) in [5, 5.41) is 3.30. The van der Waals surface area contributed by atoms with Crippen molar-refractivity contribution in [3.05, 3.63) is 0 Å². The van der Waals surface area contributed by atoms with Crippen LogP contribution < -0.4 is 5.32 Å². The van der Waals surface area contributed by atoms with Crippen LogP contribution in [0, 0.1) is 12.3 Å². The van der Waals surface area contributed by atoms with Gasteiger partial charge in [-0.25, -0.2) is 0 Å². The molecule has 1 amide bonds. The van der Waals surface area contributed by atoms with E-state index in [-0.39, 0.29) is 5.91 Å². The third-order valence-electron chi connectivity index (χ3n) is 2.08. The molecule has 14 heavy (non-hydrogen) atoms. The molecular formula is C10H16N2OS. The fourth-order valence-electron chi connectivity index (χ4n) is 1.44. The van der Waals surface area contributed by atoms with Gasteiger partial charge in [0.1, 0.15) is 0 Å². The van der Waals surface area contributed by atoms with Crippen molar-refractivity contribution < 1.29 is 4.79 Å². The highest BCUT2D eigenvalue weighted by Crippen LogP contribution is 2.16. The molecule has 0 aromatic carbocycles. The van der Waals surface area contributed by atoms with E-state index in [1.807, 2.05) is 11.8 Å². The molecule has 1 rings (SSSR count). The van der Waals surface area contributed by atoms with Crippen LogP contribution in [-0.4, -0.2) is 48.0 Å². The topological polar surface area (TPSA) is 32.3 Å². The number of thioether (sulfide) groups is 1. The summed E-state index contributed by atoms with van der Waals surface area (Å²) in [5.41, 5.74) is 0. The zero-order chi connectivity index (χ0) is 10.4. The van der Waals surface area contributed by atoms with Crippen molar-refractivity contribution >= 4 is 17.7 Å². The molecule has 78 valence electrons. The van der Waals surface area contributed by atoms with Crippen molar-refractivity contribution in [2.75, 3.05) is 31.9 Å². The average molecular weight is 212 g/mol. The molecule has 1 saturated heterocycles. The van der Waals surface area contributed by atoms with Gasteiger partial charge < -0.3 is 5.32 Å². The molecule has 0 spiro atoms. The van der Waals surface area contributed by atoms with Crippen LogP contribution in [-0.2, 0) is 4.79 Å². The first kappa shape index (κ1) is 11.4. The van der Waals surface area contributed by atoms with Gasteiger partial charge in [0.2, 0.25) is 5.91 Å². The highest BCUT2D eigenvalue weighted by molar-refractivity contribution is 7.99. The smallest absolute Gasteiger partial charge is 0.234 e. The van der Waals surface area contributed by atoms with Crippen molar-refractivity contribution in [3.8, 4) is 12.3 Å². The number of terminal acetylenes is 1. The summed E-state index contributed by atoms with van der Waals surface area (Å²) in [6.45, 7) is 4.99. The zero-order valence-electron chi connectivity index (χ0n) is 8.45. The van der Waals surface area contributed by atoms with Crippen molar-refractivity contribution in [2.24, 2.45) is 0 Å².